The summed E-state index contributed by atoms with van der Waals surface area (Å²) >= 11 is 0. The van der Waals surface area contributed by atoms with Crippen LogP contribution in [0.4, 0.5) is 17.1 Å². The Morgan fingerprint density at radius 2 is 0.772 bits per heavy atom. The maximum atomic E-state index is 6.58. The van der Waals surface area contributed by atoms with E-state index in [-0.39, 0.29) is 0 Å². The second kappa shape index (κ2) is 13.6. The van der Waals surface area contributed by atoms with Gasteiger partial charge in [-0.05, 0) is 87.5 Å². The first-order valence-corrected chi connectivity index (χ1v) is 19.3. The Balaban J connectivity index is 0.966. The topological polar surface area (TPSA) is 29.5 Å². The van der Waals surface area contributed by atoms with Gasteiger partial charge < -0.3 is 13.7 Å². The number of benzene rings is 9. The van der Waals surface area contributed by atoms with E-state index in [0.717, 1.165) is 83.2 Å². The number of fused-ring (bicyclic) bond motifs is 6. The Morgan fingerprint density at radius 3 is 1.47 bits per heavy atom. The third kappa shape index (κ3) is 5.76. The third-order valence-electron chi connectivity index (χ3n) is 11.1. The molecule has 11 rings (SSSR count). The monoisotopic (exact) mass is 729 g/mol. The Kier molecular flexibility index (Phi) is 7.82. The summed E-state index contributed by atoms with van der Waals surface area (Å²) in [6.45, 7) is 0. The number of para-hydroxylation sites is 2. The predicted octanol–water partition coefficient (Wildman–Crippen LogP) is 15.6. The summed E-state index contributed by atoms with van der Waals surface area (Å²) in [6.07, 6.45) is 0. The Hall–Kier alpha value is -7.62. The number of furan rings is 2. The molecule has 0 atom stereocenters. The molecule has 0 radical (unpaired) electrons. The highest BCUT2D eigenvalue weighted by atomic mass is 16.3. The molecule has 9 aromatic carbocycles. The molecule has 2 aromatic heterocycles. The third-order valence-corrected chi connectivity index (χ3v) is 11.1. The van der Waals surface area contributed by atoms with Crippen LogP contribution in [0.5, 0.6) is 0 Å². The maximum Gasteiger partial charge on any atom is 0.143 e. The van der Waals surface area contributed by atoms with Crippen LogP contribution in [0.1, 0.15) is 0 Å². The van der Waals surface area contributed by atoms with Crippen LogP contribution in [0.2, 0.25) is 0 Å². The quantitative estimate of drug-likeness (QED) is 0.164. The summed E-state index contributed by atoms with van der Waals surface area (Å²) in [5, 5.41) is 4.51. The lowest BCUT2D eigenvalue weighted by Gasteiger charge is -2.26. The molecule has 3 nitrogen and oxygen atoms in total. The van der Waals surface area contributed by atoms with Gasteiger partial charge in [0.15, 0.2) is 0 Å². The fraction of sp³-hybridized carbons (Fsp3) is 0. The van der Waals surface area contributed by atoms with Crippen molar-refractivity contribution in [2.24, 2.45) is 0 Å². The van der Waals surface area contributed by atoms with E-state index in [0.29, 0.717) is 0 Å². The molecule has 268 valence electrons. The summed E-state index contributed by atoms with van der Waals surface area (Å²) < 4.78 is 12.9. The van der Waals surface area contributed by atoms with Crippen LogP contribution in [0, 0.1) is 0 Å². The second-order valence-electron chi connectivity index (χ2n) is 14.5. The lowest BCUT2D eigenvalue weighted by molar-refractivity contribution is 0.669. The van der Waals surface area contributed by atoms with Crippen LogP contribution in [-0.2, 0) is 0 Å². The number of anilines is 3. The standard InChI is InChI=1S/C54H35NO2/c1-3-11-36(12-4-1)38-25-29-42(30-26-38)55(44-33-34-49-52(35-44)56-51-20-10-16-45(53(49)51)40-13-5-2-6-14-40)43-31-27-39(28-32-43)37-21-23-41(24-22-37)46-17-9-18-48-47-15-7-8-19-50(47)57-54(46)48/h1-35H. The predicted molar refractivity (Wildman–Crippen MR) is 237 cm³/mol. The molecular weight excluding hydrogens is 695 g/mol. The summed E-state index contributed by atoms with van der Waals surface area (Å²) in [4.78, 5) is 2.31. The number of nitrogens with zero attached hydrogens (tertiary/aromatic N) is 1. The highest BCUT2D eigenvalue weighted by Gasteiger charge is 2.18. The van der Waals surface area contributed by atoms with E-state index in [4.69, 9.17) is 8.83 Å². The Labute approximate surface area is 330 Å². The van der Waals surface area contributed by atoms with Gasteiger partial charge >= 0.3 is 0 Å². The molecule has 57 heavy (non-hydrogen) atoms. The Morgan fingerprint density at radius 1 is 0.281 bits per heavy atom. The van der Waals surface area contributed by atoms with Crippen LogP contribution >= 0.6 is 0 Å². The number of hydrogen-bond donors (Lipinski definition) is 0. The zero-order chi connectivity index (χ0) is 37.7. The molecule has 0 amide bonds. The van der Waals surface area contributed by atoms with E-state index >= 15 is 0 Å². The molecule has 0 aliphatic rings. The molecular formula is C54H35NO2. The fourth-order valence-electron chi connectivity index (χ4n) is 8.31. The summed E-state index contributed by atoms with van der Waals surface area (Å²) in [7, 11) is 0. The normalized spacial score (nSPS) is 11.5. The van der Waals surface area contributed by atoms with E-state index in [1.807, 2.05) is 12.1 Å². The van der Waals surface area contributed by atoms with Crippen LogP contribution in [-0.4, -0.2) is 0 Å². The minimum absolute atomic E-state index is 0.854. The molecule has 0 bridgehead atoms. The minimum atomic E-state index is 0.854. The van der Waals surface area contributed by atoms with Crippen LogP contribution in [0.15, 0.2) is 221 Å². The van der Waals surface area contributed by atoms with Gasteiger partial charge in [0.25, 0.3) is 0 Å². The van der Waals surface area contributed by atoms with Gasteiger partial charge in [0.1, 0.15) is 22.3 Å². The van der Waals surface area contributed by atoms with Gasteiger partial charge in [0, 0.05) is 50.2 Å². The Bertz CT molecular complexity index is 3200. The smallest absolute Gasteiger partial charge is 0.143 e. The van der Waals surface area contributed by atoms with Crippen LogP contribution < -0.4 is 4.90 Å². The van der Waals surface area contributed by atoms with Gasteiger partial charge in [0.05, 0.1) is 0 Å². The average molecular weight is 730 g/mol. The SMILES string of the molecule is c1ccc(-c2ccc(N(c3ccc(-c4ccc(-c5cccc6c5oc5ccccc56)cc4)cc3)c3ccc4c(c3)oc3cccc(-c5ccccc5)c34)cc2)cc1. The average Bonchev–Trinajstić information content (AvgIpc) is 3.86. The van der Waals surface area contributed by atoms with Gasteiger partial charge in [-0.1, -0.05) is 158 Å². The lowest BCUT2D eigenvalue weighted by atomic mass is 9.98. The van der Waals surface area contributed by atoms with Gasteiger partial charge in [-0.15, -0.1) is 0 Å². The molecule has 0 fully saturated rings. The molecule has 0 saturated heterocycles. The van der Waals surface area contributed by atoms with Crippen LogP contribution in [0.25, 0.3) is 88.4 Å². The fourth-order valence-corrected chi connectivity index (χ4v) is 8.31. The summed E-state index contributed by atoms with van der Waals surface area (Å²) in [6, 6.07) is 75.0. The first-order valence-electron chi connectivity index (χ1n) is 19.3. The molecule has 0 unspecified atom stereocenters. The molecule has 0 saturated carbocycles. The van der Waals surface area contributed by atoms with E-state index in [1.165, 1.54) is 22.3 Å². The molecule has 0 spiro atoms. The molecule has 3 heteroatoms. The molecule has 0 aliphatic heterocycles. The van der Waals surface area contributed by atoms with E-state index in [1.54, 1.807) is 0 Å². The zero-order valence-electron chi connectivity index (χ0n) is 31.0. The summed E-state index contributed by atoms with van der Waals surface area (Å²) in [5.41, 5.74) is 15.9. The van der Waals surface area contributed by atoms with Crippen molar-refractivity contribution in [1.82, 2.24) is 0 Å². The van der Waals surface area contributed by atoms with Crippen molar-refractivity contribution in [3.63, 3.8) is 0 Å². The molecule has 11 aromatic rings. The van der Waals surface area contributed by atoms with Crippen molar-refractivity contribution < 1.29 is 8.83 Å². The zero-order valence-corrected chi connectivity index (χ0v) is 31.0. The van der Waals surface area contributed by atoms with Crippen molar-refractivity contribution in [1.29, 1.82) is 0 Å². The molecule has 0 aliphatic carbocycles. The highest BCUT2D eigenvalue weighted by molar-refractivity contribution is 6.13. The first kappa shape index (κ1) is 32.8. The van der Waals surface area contributed by atoms with Gasteiger partial charge in [-0.3, -0.25) is 0 Å². The molecule has 0 N–H and O–H groups in total. The largest absolute Gasteiger partial charge is 0.456 e. The van der Waals surface area contributed by atoms with Crippen molar-refractivity contribution in [3.8, 4) is 44.5 Å². The number of hydrogen-bond acceptors (Lipinski definition) is 3. The van der Waals surface area contributed by atoms with Crippen LogP contribution in [0.3, 0.4) is 0 Å². The highest BCUT2D eigenvalue weighted by Crippen LogP contribution is 2.42. The van der Waals surface area contributed by atoms with Crippen molar-refractivity contribution in [3.05, 3.63) is 212 Å². The second-order valence-corrected chi connectivity index (χ2v) is 14.5. The lowest BCUT2D eigenvalue weighted by Crippen LogP contribution is -2.09. The van der Waals surface area contributed by atoms with Gasteiger partial charge in [-0.2, -0.15) is 0 Å². The van der Waals surface area contributed by atoms with E-state index in [9.17, 15) is 0 Å². The molecule has 2 heterocycles. The van der Waals surface area contributed by atoms with Crippen molar-refractivity contribution in [2.45, 2.75) is 0 Å². The van der Waals surface area contributed by atoms with Gasteiger partial charge in [-0.25, -0.2) is 0 Å². The summed E-state index contributed by atoms with van der Waals surface area (Å²) in [5.74, 6) is 0. The number of rotatable bonds is 7. The van der Waals surface area contributed by atoms with E-state index < -0.39 is 0 Å². The first-order chi connectivity index (χ1) is 28.2. The minimum Gasteiger partial charge on any atom is -0.456 e. The van der Waals surface area contributed by atoms with E-state index in [2.05, 4.69) is 205 Å². The van der Waals surface area contributed by atoms with Gasteiger partial charge in [0.2, 0.25) is 0 Å². The van der Waals surface area contributed by atoms with Crippen molar-refractivity contribution in [2.75, 3.05) is 4.90 Å². The van der Waals surface area contributed by atoms with Crippen molar-refractivity contribution >= 4 is 60.9 Å². The maximum absolute atomic E-state index is 6.58.